The van der Waals surface area contributed by atoms with E-state index in [-0.39, 0.29) is 12.2 Å². The van der Waals surface area contributed by atoms with Crippen molar-refractivity contribution in [3.8, 4) is 0 Å². The van der Waals surface area contributed by atoms with Crippen molar-refractivity contribution in [1.82, 2.24) is 0 Å². The molecule has 0 atom stereocenters. The van der Waals surface area contributed by atoms with Gasteiger partial charge in [0.25, 0.3) is 0 Å². The number of aliphatic hydroxyl groups excluding tert-OH is 1. The lowest BCUT2D eigenvalue weighted by Gasteiger charge is -2.20. The highest BCUT2D eigenvalue weighted by atomic mass is 16.5. The molecule has 1 N–H and O–H groups in total. The van der Waals surface area contributed by atoms with Crippen LogP contribution in [0.25, 0.3) is 0 Å². The fourth-order valence-electron chi connectivity index (χ4n) is 0.758. The first-order valence-corrected chi connectivity index (χ1v) is 3.51. The molecule has 0 aromatic carbocycles. The second-order valence-electron chi connectivity index (χ2n) is 2.68. The second-order valence-corrected chi connectivity index (χ2v) is 2.68. The SMILES string of the molecule is C/C=C/C(C)(C)OCCO. The van der Waals surface area contributed by atoms with Crippen molar-refractivity contribution in [2.24, 2.45) is 0 Å². The van der Waals surface area contributed by atoms with Crippen LogP contribution in [0.4, 0.5) is 0 Å². The maximum Gasteiger partial charge on any atom is 0.0807 e. The van der Waals surface area contributed by atoms with Gasteiger partial charge >= 0.3 is 0 Å². The standard InChI is InChI=1S/C8H16O2/c1-4-5-8(2,3)10-7-6-9/h4-5,9H,6-7H2,1-3H3/b5-4+. The predicted molar refractivity (Wildman–Crippen MR) is 41.9 cm³/mol. The topological polar surface area (TPSA) is 29.5 Å². The van der Waals surface area contributed by atoms with Crippen LogP contribution >= 0.6 is 0 Å². The molecule has 0 amide bonds. The van der Waals surface area contributed by atoms with E-state index >= 15 is 0 Å². The lowest BCUT2D eigenvalue weighted by Crippen LogP contribution is -2.22. The Kier molecular flexibility index (Phi) is 4.32. The quantitative estimate of drug-likeness (QED) is 0.603. The normalized spacial score (nSPS) is 12.8. The maximum atomic E-state index is 8.45. The van der Waals surface area contributed by atoms with Crippen molar-refractivity contribution in [3.63, 3.8) is 0 Å². The van der Waals surface area contributed by atoms with Crippen molar-refractivity contribution >= 4 is 0 Å². The Morgan fingerprint density at radius 2 is 2.10 bits per heavy atom. The van der Waals surface area contributed by atoms with Crippen molar-refractivity contribution in [1.29, 1.82) is 0 Å². The Hall–Kier alpha value is -0.340. The largest absolute Gasteiger partial charge is 0.394 e. The average molecular weight is 144 g/mol. The average Bonchev–Trinajstić information content (AvgIpc) is 1.84. The molecule has 0 fully saturated rings. The number of rotatable bonds is 4. The first kappa shape index (κ1) is 9.66. The molecule has 0 spiro atoms. The lowest BCUT2D eigenvalue weighted by atomic mass is 10.1. The molecular formula is C8H16O2. The molecule has 0 aliphatic carbocycles. The molecule has 0 aliphatic rings. The van der Waals surface area contributed by atoms with Crippen molar-refractivity contribution < 1.29 is 9.84 Å². The summed E-state index contributed by atoms with van der Waals surface area (Å²) in [6.45, 7) is 6.35. The van der Waals surface area contributed by atoms with E-state index in [1.54, 1.807) is 0 Å². The van der Waals surface area contributed by atoms with Crippen LogP contribution in [-0.4, -0.2) is 23.9 Å². The highest BCUT2D eigenvalue weighted by molar-refractivity contribution is 4.94. The monoisotopic (exact) mass is 144 g/mol. The Morgan fingerprint density at radius 1 is 1.50 bits per heavy atom. The predicted octanol–water partition coefficient (Wildman–Crippen LogP) is 1.35. The minimum atomic E-state index is -0.239. The van der Waals surface area contributed by atoms with E-state index < -0.39 is 0 Å². The third-order valence-corrected chi connectivity index (χ3v) is 1.13. The van der Waals surface area contributed by atoms with Gasteiger partial charge in [-0.15, -0.1) is 0 Å². The van der Waals surface area contributed by atoms with Crippen LogP contribution in [0.2, 0.25) is 0 Å². The molecule has 0 unspecified atom stereocenters. The Bertz CT molecular complexity index is 106. The smallest absolute Gasteiger partial charge is 0.0807 e. The Labute approximate surface area is 62.5 Å². The van der Waals surface area contributed by atoms with Crippen LogP contribution < -0.4 is 0 Å². The third kappa shape index (κ3) is 4.53. The van der Waals surface area contributed by atoms with Gasteiger partial charge in [0.05, 0.1) is 18.8 Å². The highest BCUT2D eigenvalue weighted by Gasteiger charge is 2.11. The Balaban J connectivity index is 3.63. The molecule has 2 nitrogen and oxygen atoms in total. The molecule has 0 heterocycles. The fraction of sp³-hybridized carbons (Fsp3) is 0.750. The summed E-state index contributed by atoms with van der Waals surface area (Å²) in [4.78, 5) is 0. The van der Waals surface area contributed by atoms with E-state index in [4.69, 9.17) is 9.84 Å². The van der Waals surface area contributed by atoms with Gasteiger partial charge in [0, 0.05) is 0 Å². The minimum Gasteiger partial charge on any atom is -0.394 e. The molecule has 0 saturated heterocycles. The molecule has 0 bridgehead atoms. The van der Waals surface area contributed by atoms with Crippen LogP contribution in [0.3, 0.4) is 0 Å². The van der Waals surface area contributed by atoms with Gasteiger partial charge in [0.15, 0.2) is 0 Å². The van der Waals surface area contributed by atoms with Crippen molar-refractivity contribution in [2.75, 3.05) is 13.2 Å². The van der Waals surface area contributed by atoms with Crippen LogP contribution in [0, 0.1) is 0 Å². The molecular weight excluding hydrogens is 128 g/mol. The fourth-order valence-corrected chi connectivity index (χ4v) is 0.758. The van der Waals surface area contributed by atoms with Gasteiger partial charge in [-0.05, 0) is 20.8 Å². The summed E-state index contributed by atoms with van der Waals surface area (Å²) in [6, 6.07) is 0. The molecule has 0 saturated carbocycles. The van der Waals surface area contributed by atoms with Gasteiger partial charge in [0.1, 0.15) is 0 Å². The van der Waals surface area contributed by atoms with Crippen LogP contribution in [0.15, 0.2) is 12.2 Å². The number of aliphatic hydroxyl groups is 1. The summed E-state index contributed by atoms with van der Waals surface area (Å²) >= 11 is 0. The zero-order valence-electron chi connectivity index (χ0n) is 6.92. The van der Waals surface area contributed by atoms with E-state index in [2.05, 4.69) is 0 Å². The van der Waals surface area contributed by atoms with E-state index in [0.717, 1.165) is 0 Å². The van der Waals surface area contributed by atoms with E-state index in [9.17, 15) is 0 Å². The zero-order chi connectivity index (χ0) is 8.04. The minimum absolute atomic E-state index is 0.0843. The Morgan fingerprint density at radius 3 is 2.50 bits per heavy atom. The number of allylic oxidation sites excluding steroid dienone is 1. The molecule has 60 valence electrons. The number of hydrogen-bond acceptors (Lipinski definition) is 2. The first-order chi connectivity index (χ1) is 4.62. The van der Waals surface area contributed by atoms with Gasteiger partial charge in [0.2, 0.25) is 0 Å². The summed E-state index contributed by atoms with van der Waals surface area (Å²) in [6.07, 6.45) is 3.90. The van der Waals surface area contributed by atoms with E-state index in [1.807, 2.05) is 32.9 Å². The maximum absolute atomic E-state index is 8.45. The van der Waals surface area contributed by atoms with Crippen LogP contribution in [-0.2, 0) is 4.74 Å². The summed E-state index contributed by atoms with van der Waals surface area (Å²) in [5.74, 6) is 0. The van der Waals surface area contributed by atoms with Crippen LogP contribution in [0.1, 0.15) is 20.8 Å². The summed E-state index contributed by atoms with van der Waals surface area (Å²) in [5, 5.41) is 8.45. The second kappa shape index (κ2) is 4.47. The van der Waals surface area contributed by atoms with Gasteiger partial charge in [-0.2, -0.15) is 0 Å². The van der Waals surface area contributed by atoms with Gasteiger partial charge in [-0.3, -0.25) is 0 Å². The number of ether oxygens (including phenoxy) is 1. The molecule has 0 radical (unpaired) electrons. The van der Waals surface area contributed by atoms with E-state index in [0.29, 0.717) is 6.61 Å². The molecule has 0 aliphatic heterocycles. The summed E-state index contributed by atoms with van der Waals surface area (Å²) < 4.78 is 5.28. The van der Waals surface area contributed by atoms with Crippen molar-refractivity contribution in [2.45, 2.75) is 26.4 Å². The molecule has 10 heavy (non-hydrogen) atoms. The summed E-state index contributed by atoms with van der Waals surface area (Å²) in [7, 11) is 0. The van der Waals surface area contributed by atoms with Gasteiger partial charge < -0.3 is 9.84 Å². The van der Waals surface area contributed by atoms with E-state index in [1.165, 1.54) is 0 Å². The molecule has 0 aromatic rings. The zero-order valence-corrected chi connectivity index (χ0v) is 6.92. The molecule has 0 aromatic heterocycles. The third-order valence-electron chi connectivity index (χ3n) is 1.13. The van der Waals surface area contributed by atoms with Gasteiger partial charge in [-0.1, -0.05) is 12.2 Å². The van der Waals surface area contributed by atoms with Gasteiger partial charge in [-0.25, -0.2) is 0 Å². The van der Waals surface area contributed by atoms with Crippen molar-refractivity contribution in [3.05, 3.63) is 12.2 Å². The highest BCUT2D eigenvalue weighted by Crippen LogP contribution is 2.09. The first-order valence-electron chi connectivity index (χ1n) is 3.51. The summed E-state index contributed by atoms with van der Waals surface area (Å²) in [5.41, 5.74) is -0.239. The molecule has 0 rings (SSSR count). The van der Waals surface area contributed by atoms with Crippen LogP contribution in [0.5, 0.6) is 0 Å². The number of hydrogen-bond donors (Lipinski definition) is 1. The molecule has 2 heteroatoms. The lowest BCUT2D eigenvalue weighted by molar-refractivity contribution is -0.000393.